The fourth-order valence-corrected chi connectivity index (χ4v) is 2.14. The predicted molar refractivity (Wildman–Crippen MR) is 73.3 cm³/mol. The smallest absolute Gasteiger partial charge is 0.238 e. The zero-order valence-corrected chi connectivity index (χ0v) is 11.3. The van der Waals surface area contributed by atoms with Gasteiger partial charge in [0.15, 0.2) is 0 Å². The third kappa shape index (κ3) is 3.57. The number of hydrogen-bond acceptors (Lipinski definition) is 4. The topological polar surface area (TPSA) is 93.2 Å². The van der Waals surface area contributed by atoms with Crippen molar-refractivity contribution in [1.29, 1.82) is 5.26 Å². The lowest BCUT2D eigenvalue weighted by molar-refractivity contribution is 0.306. The average Bonchev–Trinajstić information content (AvgIpc) is 2.45. The molecule has 0 aliphatic rings. The van der Waals surface area contributed by atoms with Gasteiger partial charge in [-0.1, -0.05) is 12.1 Å². The van der Waals surface area contributed by atoms with Crippen LogP contribution in [0, 0.1) is 11.3 Å². The molecule has 0 radical (unpaired) electrons. The van der Waals surface area contributed by atoms with Crippen LogP contribution in [0.15, 0.2) is 53.4 Å². The van der Waals surface area contributed by atoms with E-state index in [1.54, 1.807) is 18.2 Å². The van der Waals surface area contributed by atoms with Crippen molar-refractivity contribution in [2.75, 3.05) is 0 Å². The summed E-state index contributed by atoms with van der Waals surface area (Å²) in [6.07, 6.45) is 0. The summed E-state index contributed by atoms with van der Waals surface area (Å²) in [4.78, 5) is 0.0383. The van der Waals surface area contributed by atoms with Crippen LogP contribution in [-0.4, -0.2) is 8.42 Å². The van der Waals surface area contributed by atoms with Crippen molar-refractivity contribution in [2.24, 2.45) is 5.14 Å². The standard InChI is InChI=1S/C14H12N2O3S/c15-9-11-2-1-3-12(8-11)10-19-13-4-6-14(7-5-13)20(16,17)18/h1-8H,10H2,(H2,16,17,18). The van der Waals surface area contributed by atoms with Crippen molar-refractivity contribution in [1.82, 2.24) is 0 Å². The van der Waals surface area contributed by atoms with E-state index in [9.17, 15) is 8.42 Å². The summed E-state index contributed by atoms with van der Waals surface area (Å²) in [7, 11) is -3.69. The Labute approximate surface area is 117 Å². The molecule has 2 rings (SSSR count). The maximum atomic E-state index is 11.1. The van der Waals surface area contributed by atoms with Gasteiger partial charge in [-0.3, -0.25) is 0 Å². The Kier molecular flexibility index (Phi) is 4.03. The van der Waals surface area contributed by atoms with Gasteiger partial charge in [-0.25, -0.2) is 13.6 Å². The van der Waals surface area contributed by atoms with Crippen LogP contribution in [0.25, 0.3) is 0 Å². The highest BCUT2D eigenvalue weighted by molar-refractivity contribution is 7.89. The van der Waals surface area contributed by atoms with Gasteiger partial charge in [0.2, 0.25) is 10.0 Å². The third-order valence-corrected chi connectivity index (χ3v) is 3.54. The van der Waals surface area contributed by atoms with E-state index in [4.69, 9.17) is 15.1 Å². The predicted octanol–water partition coefficient (Wildman–Crippen LogP) is 1.78. The molecule has 6 heteroatoms. The molecule has 0 atom stereocenters. The van der Waals surface area contributed by atoms with Crippen LogP contribution in [0.3, 0.4) is 0 Å². The molecule has 0 unspecified atom stereocenters. The summed E-state index contributed by atoms with van der Waals surface area (Å²) in [6.45, 7) is 0.296. The van der Waals surface area contributed by atoms with Crippen molar-refractivity contribution < 1.29 is 13.2 Å². The molecular formula is C14H12N2O3S. The molecule has 0 aliphatic heterocycles. The fourth-order valence-electron chi connectivity index (χ4n) is 1.62. The zero-order valence-electron chi connectivity index (χ0n) is 10.5. The van der Waals surface area contributed by atoms with Crippen LogP contribution in [0.2, 0.25) is 0 Å². The molecule has 0 heterocycles. The Bertz CT molecular complexity index is 747. The van der Waals surface area contributed by atoms with Crippen molar-refractivity contribution >= 4 is 10.0 Å². The first kappa shape index (κ1) is 14.1. The number of rotatable bonds is 4. The molecule has 20 heavy (non-hydrogen) atoms. The summed E-state index contributed by atoms with van der Waals surface area (Å²) in [6, 6.07) is 15.0. The summed E-state index contributed by atoms with van der Waals surface area (Å²) in [5.41, 5.74) is 1.43. The van der Waals surface area contributed by atoms with Crippen LogP contribution < -0.4 is 9.88 Å². The van der Waals surface area contributed by atoms with E-state index in [-0.39, 0.29) is 4.90 Å². The Morgan fingerprint density at radius 3 is 2.45 bits per heavy atom. The highest BCUT2D eigenvalue weighted by Gasteiger charge is 2.07. The Morgan fingerprint density at radius 1 is 1.15 bits per heavy atom. The second kappa shape index (κ2) is 5.74. The van der Waals surface area contributed by atoms with Crippen LogP contribution in [-0.2, 0) is 16.6 Å². The molecule has 0 saturated heterocycles. The van der Waals surface area contributed by atoms with Gasteiger partial charge in [0.05, 0.1) is 16.5 Å². The Balaban J connectivity index is 2.06. The van der Waals surface area contributed by atoms with E-state index < -0.39 is 10.0 Å². The molecule has 2 aromatic rings. The van der Waals surface area contributed by atoms with Crippen molar-refractivity contribution in [3.63, 3.8) is 0 Å². The normalized spacial score (nSPS) is 10.8. The average molecular weight is 288 g/mol. The number of ether oxygens (including phenoxy) is 1. The maximum Gasteiger partial charge on any atom is 0.238 e. The van der Waals surface area contributed by atoms with E-state index >= 15 is 0 Å². The molecule has 2 N–H and O–H groups in total. The Morgan fingerprint density at radius 2 is 1.85 bits per heavy atom. The minimum absolute atomic E-state index is 0.0383. The first-order chi connectivity index (χ1) is 9.49. The summed E-state index contributed by atoms with van der Waals surface area (Å²) >= 11 is 0. The highest BCUT2D eigenvalue weighted by Crippen LogP contribution is 2.16. The van der Waals surface area contributed by atoms with Gasteiger partial charge in [-0.05, 0) is 42.0 Å². The molecule has 2 aromatic carbocycles. The van der Waals surface area contributed by atoms with E-state index in [0.717, 1.165) is 5.56 Å². The molecule has 0 spiro atoms. The SMILES string of the molecule is N#Cc1cccc(COc2ccc(S(N)(=O)=O)cc2)c1. The molecule has 0 aliphatic carbocycles. The van der Waals surface area contributed by atoms with Gasteiger partial charge < -0.3 is 4.74 Å². The number of nitrogens with zero attached hydrogens (tertiary/aromatic N) is 1. The number of nitriles is 1. The van der Waals surface area contributed by atoms with Crippen LogP contribution in [0.4, 0.5) is 0 Å². The van der Waals surface area contributed by atoms with Crippen molar-refractivity contribution in [3.8, 4) is 11.8 Å². The molecule has 0 saturated carbocycles. The van der Waals surface area contributed by atoms with Gasteiger partial charge in [0.1, 0.15) is 12.4 Å². The quantitative estimate of drug-likeness (QED) is 0.928. The number of primary sulfonamides is 1. The van der Waals surface area contributed by atoms with Crippen molar-refractivity contribution in [3.05, 3.63) is 59.7 Å². The first-order valence-corrected chi connectivity index (χ1v) is 7.28. The van der Waals surface area contributed by atoms with Gasteiger partial charge in [-0.2, -0.15) is 5.26 Å². The molecule has 0 amide bonds. The van der Waals surface area contributed by atoms with Crippen molar-refractivity contribution in [2.45, 2.75) is 11.5 Å². The number of nitrogens with two attached hydrogens (primary N) is 1. The lowest BCUT2D eigenvalue weighted by Crippen LogP contribution is -2.11. The number of hydrogen-bond donors (Lipinski definition) is 1. The summed E-state index contributed by atoms with van der Waals surface area (Å²) in [5.74, 6) is 0.528. The lowest BCUT2D eigenvalue weighted by atomic mass is 10.1. The highest BCUT2D eigenvalue weighted by atomic mass is 32.2. The lowest BCUT2D eigenvalue weighted by Gasteiger charge is -2.07. The van der Waals surface area contributed by atoms with Gasteiger partial charge in [0.25, 0.3) is 0 Å². The zero-order chi connectivity index (χ0) is 14.6. The van der Waals surface area contributed by atoms with Gasteiger partial charge in [0, 0.05) is 0 Å². The number of benzene rings is 2. The van der Waals surface area contributed by atoms with E-state index in [2.05, 4.69) is 6.07 Å². The number of sulfonamides is 1. The fraction of sp³-hybridized carbons (Fsp3) is 0.0714. The van der Waals surface area contributed by atoms with E-state index in [0.29, 0.717) is 17.9 Å². The molecule has 0 aromatic heterocycles. The summed E-state index contributed by atoms with van der Waals surface area (Å²) in [5, 5.41) is 13.8. The second-order valence-corrected chi connectivity index (χ2v) is 5.68. The molecule has 0 fully saturated rings. The molecule has 5 nitrogen and oxygen atoms in total. The molecular weight excluding hydrogens is 276 g/mol. The third-order valence-electron chi connectivity index (χ3n) is 2.61. The van der Waals surface area contributed by atoms with Gasteiger partial charge in [-0.15, -0.1) is 0 Å². The maximum absolute atomic E-state index is 11.1. The minimum Gasteiger partial charge on any atom is -0.489 e. The first-order valence-electron chi connectivity index (χ1n) is 5.74. The van der Waals surface area contributed by atoms with Gasteiger partial charge >= 0.3 is 0 Å². The van der Waals surface area contributed by atoms with E-state index in [1.807, 2.05) is 6.07 Å². The van der Waals surface area contributed by atoms with Crippen LogP contribution in [0.5, 0.6) is 5.75 Å². The Hall–Kier alpha value is -2.36. The molecule has 0 bridgehead atoms. The van der Waals surface area contributed by atoms with Crippen LogP contribution in [0.1, 0.15) is 11.1 Å². The van der Waals surface area contributed by atoms with Crippen LogP contribution >= 0.6 is 0 Å². The second-order valence-electron chi connectivity index (χ2n) is 4.12. The summed E-state index contributed by atoms with van der Waals surface area (Å²) < 4.78 is 27.7. The minimum atomic E-state index is -3.69. The molecule has 102 valence electrons. The largest absolute Gasteiger partial charge is 0.489 e. The van der Waals surface area contributed by atoms with E-state index in [1.165, 1.54) is 24.3 Å². The monoisotopic (exact) mass is 288 g/mol.